The average Bonchev–Trinajstić information content (AvgIpc) is 2.24. The quantitative estimate of drug-likeness (QED) is 0.650. The first kappa shape index (κ1) is 16.3. The summed E-state index contributed by atoms with van der Waals surface area (Å²) in [6.07, 6.45) is 2.14. The molecule has 0 rings (SSSR count). The van der Waals surface area contributed by atoms with Gasteiger partial charge in [-0.2, -0.15) is 12.6 Å². The van der Waals surface area contributed by atoms with Crippen molar-refractivity contribution < 1.29 is 5.11 Å². The van der Waals surface area contributed by atoms with Crippen molar-refractivity contribution in [2.45, 2.75) is 60.5 Å². The number of thiol groups is 1. The molecular weight excluding hydrogens is 216 g/mol. The van der Waals surface area contributed by atoms with Gasteiger partial charge in [-0.3, -0.25) is 0 Å². The lowest BCUT2D eigenvalue weighted by atomic mass is 9.70. The van der Waals surface area contributed by atoms with Crippen LogP contribution in [0.15, 0.2) is 0 Å². The lowest BCUT2D eigenvalue weighted by Gasteiger charge is -2.38. The van der Waals surface area contributed by atoms with Crippen molar-refractivity contribution in [3.63, 3.8) is 0 Å². The van der Waals surface area contributed by atoms with Gasteiger partial charge in [0, 0.05) is 0 Å². The highest BCUT2D eigenvalue weighted by Crippen LogP contribution is 2.37. The van der Waals surface area contributed by atoms with Crippen LogP contribution in [-0.2, 0) is 0 Å². The van der Waals surface area contributed by atoms with Gasteiger partial charge in [0.25, 0.3) is 0 Å². The van der Waals surface area contributed by atoms with Crippen molar-refractivity contribution in [3.05, 3.63) is 0 Å². The van der Waals surface area contributed by atoms with Crippen LogP contribution in [0.1, 0.15) is 54.4 Å². The van der Waals surface area contributed by atoms with Gasteiger partial charge in [-0.1, -0.05) is 48.0 Å². The van der Waals surface area contributed by atoms with E-state index in [-0.39, 0.29) is 11.5 Å². The molecule has 0 saturated heterocycles. The maximum atomic E-state index is 10.4. The highest BCUT2D eigenvalue weighted by Gasteiger charge is 2.34. The normalized spacial score (nSPS) is 20.2. The van der Waals surface area contributed by atoms with Gasteiger partial charge in [-0.25, -0.2) is 0 Å². The number of aliphatic hydroxyl groups is 1. The topological polar surface area (TPSA) is 20.2 Å². The highest BCUT2D eigenvalue weighted by atomic mass is 32.1. The second kappa shape index (κ2) is 6.90. The molecular formula is C14H30OS. The van der Waals surface area contributed by atoms with Crippen LogP contribution in [0.25, 0.3) is 0 Å². The van der Waals surface area contributed by atoms with E-state index in [1.165, 1.54) is 12.8 Å². The monoisotopic (exact) mass is 246 g/mol. The molecule has 4 atom stereocenters. The fraction of sp³-hybridized carbons (Fsp3) is 1.00. The van der Waals surface area contributed by atoms with Crippen LogP contribution in [0.4, 0.5) is 0 Å². The van der Waals surface area contributed by atoms with Crippen molar-refractivity contribution in [2.24, 2.45) is 23.2 Å². The highest BCUT2D eigenvalue weighted by molar-refractivity contribution is 7.80. The van der Waals surface area contributed by atoms with E-state index >= 15 is 0 Å². The first-order valence-electron chi connectivity index (χ1n) is 6.56. The Hall–Kier alpha value is 0.310. The molecule has 2 heteroatoms. The summed E-state index contributed by atoms with van der Waals surface area (Å²) < 4.78 is 0. The third-order valence-electron chi connectivity index (χ3n) is 4.36. The molecule has 0 aliphatic carbocycles. The van der Waals surface area contributed by atoms with Gasteiger partial charge in [0.1, 0.15) is 0 Å². The predicted octanol–water partition coefficient (Wildman–Crippen LogP) is 4.01. The lowest BCUT2D eigenvalue weighted by molar-refractivity contribution is -0.00820. The molecule has 0 aliphatic rings. The Morgan fingerprint density at radius 3 is 2.06 bits per heavy atom. The summed E-state index contributed by atoms with van der Waals surface area (Å²) in [5.74, 6) is 1.98. The molecule has 0 heterocycles. The second-order valence-electron chi connectivity index (χ2n) is 6.04. The van der Waals surface area contributed by atoms with Gasteiger partial charge >= 0.3 is 0 Å². The number of hydrogen-bond acceptors (Lipinski definition) is 2. The molecule has 0 bridgehead atoms. The van der Waals surface area contributed by atoms with E-state index in [1.807, 2.05) is 0 Å². The average molecular weight is 246 g/mol. The summed E-state index contributed by atoms with van der Waals surface area (Å²) in [7, 11) is 0. The second-order valence-corrected chi connectivity index (χ2v) is 6.40. The molecule has 0 aromatic heterocycles. The molecule has 1 nitrogen and oxygen atoms in total. The summed E-state index contributed by atoms with van der Waals surface area (Å²) in [4.78, 5) is 0. The maximum absolute atomic E-state index is 10.4. The van der Waals surface area contributed by atoms with E-state index in [1.54, 1.807) is 0 Å². The van der Waals surface area contributed by atoms with Crippen LogP contribution in [0.5, 0.6) is 0 Å². The van der Waals surface area contributed by atoms with Gasteiger partial charge in [0.2, 0.25) is 0 Å². The summed E-state index contributed by atoms with van der Waals surface area (Å²) in [5.41, 5.74) is 0.221. The molecule has 0 radical (unpaired) electrons. The van der Waals surface area contributed by atoms with Gasteiger partial charge in [0.15, 0.2) is 0 Å². The molecule has 0 spiro atoms. The van der Waals surface area contributed by atoms with Crippen LogP contribution < -0.4 is 0 Å². The van der Waals surface area contributed by atoms with Crippen LogP contribution >= 0.6 is 12.6 Å². The van der Waals surface area contributed by atoms with E-state index in [9.17, 15) is 5.11 Å². The zero-order chi connectivity index (χ0) is 12.9. The Kier molecular flexibility index (Phi) is 7.04. The zero-order valence-electron chi connectivity index (χ0n) is 11.8. The largest absolute Gasteiger partial charge is 0.393 e. The van der Waals surface area contributed by atoms with E-state index in [2.05, 4.69) is 54.2 Å². The summed E-state index contributed by atoms with van der Waals surface area (Å²) in [6.45, 7) is 13.2. The molecule has 16 heavy (non-hydrogen) atoms. The molecule has 0 fully saturated rings. The van der Waals surface area contributed by atoms with E-state index in [0.717, 1.165) is 5.75 Å². The maximum Gasteiger partial charge on any atom is 0.0599 e. The SMILES string of the molecule is CCCC(C)(C)C(C)C(O)C(C)C(C)CS. The number of hydrogen-bond donors (Lipinski definition) is 2. The van der Waals surface area contributed by atoms with Crippen LogP contribution in [0.2, 0.25) is 0 Å². The van der Waals surface area contributed by atoms with E-state index < -0.39 is 0 Å². The minimum Gasteiger partial charge on any atom is -0.393 e. The third-order valence-corrected chi connectivity index (χ3v) is 4.94. The first-order valence-corrected chi connectivity index (χ1v) is 7.20. The summed E-state index contributed by atoms with van der Waals surface area (Å²) in [6, 6.07) is 0. The Morgan fingerprint density at radius 2 is 1.69 bits per heavy atom. The standard InChI is InChI=1S/C14H30OS/c1-7-8-14(5,6)12(4)13(15)11(3)10(2)9-16/h10-13,15-16H,7-9H2,1-6H3. The summed E-state index contributed by atoms with van der Waals surface area (Å²) >= 11 is 4.32. The molecule has 0 saturated carbocycles. The Balaban J connectivity index is 4.53. The van der Waals surface area contributed by atoms with Crippen molar-refractivity contribution >= 4 is 12.6 Å². The van der Waals surface area contributed by atoms with Gasteiger partial charge < -0.3 is 5.11 Å². The molecule has 98 valence electrons. The van der Waals surface area contributed by atoms with Gasteiger partial charge in [0.05, 0.1) is 6.10 Å². The van der Waals surface area contributed by atoms with Crippen molar-refractivity contribution in [1.82, 2.24) is 0 Å². The van der Waals surface area contributed by atoms with Crippen molar-refractivity contribution in [2.75, 3.05) is 5.75 Å². The van der Waals surface area contributed by atoms with Crippen molar-refractivity contribution in [3.8, 4) is 0 Å². The van der Waals surface area contributed by atoms with Crippen LogP contribution in [-0.4, -0.2) is 17.0 Å². The van der Waals surface area contributed by atoms with Gasteiger partial charge in [-0.05, 0) is 35.3 Å². The minimum atomic E-state index is -0.219. The molecule has 0 aromatic rings. The number of rotatable bonds is 7. The van der Waals surface area contributed by atoms with Crippen LogP contribution in [0, 0.1) is 23.2 Å². The Labute approximate surface area is 107 Å². The fourth-order valence-electron chi connectivity index (χ4n) is 2.29. The first-order chi connectivity index (χ1) is 7.27. The molecule has 0 aromatic carbocycles. The van der Waals surface area contributed by atoms with Crippen LogP contribution in [0.3, 0.4) is 0 Å². The predicted molar refractivity (Wildman–Crippen MR) is 76.0 cm³/mol. The van der Waals surface area contributed by atoms with Crippen molar-refractivity contribution in [1.29, 1.82) is 0 Å². The summed E-state index contributed by atoms with van der Waals surface area (Å²) in [5, 5.41) is 10.4. The molecule has 1 N–H and O–H groups in total. The Bertz CT molecular complexity index is 191. The van der Waals surface area contributed by atoms with E-state index in [0.29, 0.717) is 17.8 Å². The molecule has 4 unspecified atom stereocenters. The number of aliphatic hydroxyl groups excluding tert-OH is 1. The fourth-order valence-corrected chi connectivity index (χ4v) is 2.63. The van der Waals surface area contributed by atoms with E-state index in [4.69, 9.17) is 0 Å². The zero-order valence-corrected chi connectivity index (χ0v) is 12.7. The lowest BCUT2D eigenvalue weighted by Crippen LogP contribution is -2.38. The smallest absolute Gasteiger partial charge is 0.0599 e. The Morgan fingerprint density at radius 1 is 1.19 bits per heavy atom. The third kappa shape index (κ3) is 4.29. The molecule has 0 amide bonds. The molecule has 0 aliphatic heterocycles. The minimum absolute atomic E-state index is 0.219. The van der Waals surface area contributed by atoms with Gasteiger partial charge in [-0.15, -0.1) is 0 Å².